The molecular weight excluding hydrogens is 374 g/mol. The van der Waals surface area contributed by atoms with Crippen molar-refractivity contribution in [2.24, 2.45) is 0 Å². The van der Waals surface area contributed by atoms with Gasteiger partial charge < -0.3 is 19.2 Å². The van der Waals surface area contributed by atoms with Gasteiger partial charge in [0, 0.05) is 23.2 Å². The first-order valence-corrected chi connectivity index (χ1v) is 9.18. The number of esters is 1. The van der Waals surface area contributed by atoms with Crippen molar-refractivity contribution in [3.8, 4) is 5.75 Å². The minimum atomic E-state index is -0.488. The summed E-state index contributed by atoms with van der Waals surface area (Å²) in [5, 5.41) is 3.51. The predicted molar refractivity (Wildman–Crippen MR) is 108 cm³/mol. The van der Waals surface area contributed by atoms with Gasteiger partial charge in [-0.2, -0.15) is 0 Å². The summed E-state index contributed by atoms with van der Waals surface area (Å²) in [5.41, 5.74) is 1.72. The third-order valence-corrected chi connectivity index (χ3v) is 4.26. The van der Waals surface area contributed by atoms with Gasteiger partial charge in [-0.05, 0) is 42.3 Å². The summed E-state index contributed by atoms with van der Waals surface area (Å²) < 4.78 is 15.4. The van der Waals surface area contributed by atoms with Crippen LogP contribution in [0.25, 0.3) is 11.0 Å². The number of aryl methyl sites for hydroxylation is 1. The molecule has 0 fully saturated rings. The molecule has 1 heterocycles. The molecule has 0 unspecified atom stereocenters. The lowest BCUT2D eigenvalue weighted by Crippen LogP contribution is -2.20. The molecule has 0 bridgehead atoms. The van der Waals surface area contributed by atoms with Gasteiger partial charge >= 0.3 is 11.6 Å². The molecule has 1 amide bonds. The molecular formula is C22H21NO6. The Balaban J connectivity index is 1.68. The Hall–Kier alpha value is -3.61. The number of hydrogen-bond donors (Lipinski definition) is 1. The minimum absolute atomic E-state index is 0.243. The van der Waals surface area contributed by atoms with Crippen LogP contribution in [0.1, 0.15) is 29.3 Å². The first-order valence-electron chi connectivity index (χ1n) is 9.18. The number of carbonyl (C=O) groups excluding carboxylic acids is 2. The Labute approximate surface area is 167 Å². The number of ether oxygens (including phenoxy) is 2. The fourth-order valence-electron chi connectivity index (χ4n) is 2.96. The smallest absolute Gasteiger partial charge is 0.337 e. The van der Waals surface area contributed by atoms with E-state index < -0.39 is 17.5 Å². The summed E-state index contributed by atoms with van der Waals surface area (Å²) in [5.74, 6) is -0.474. The first kappa shape index (κ1) is 20.1. The third kappa shape index (κ3) is 5.01. The SMILES string of the molecule is CCCc1cc(=O)oc2cc(OCC(=O)Nc3cccc(C(=O)OC)c3)ccc12. The first-order chi connectivity index (χ1) is 14.0. The summed E-state index contributed by atoms with van der Waals surface area (Å²) in [6, 6.07) is 13.1. The molecule has 1 aromatic heterocycles. The lowest BCUT2D eigenvalue weighted by atomic mass is 10.1. The molecule has 3 aromatic rings. The van der Waals surface area contributed by atoms with Crippen molar-refractivity contribution in [1.29, 1.82) is 0 Å². The number of rotatable bonds is 7. The van der Waals surface area contributed by atoms with Crippen molar-refractivity contribution >= 4 is 28.5 Å². The maximum absolute atomic E-state index is 12.2. The predicted octanol–water partition coefficient (Wildman–Crippen LogP) is 3.55. The van der Waals surface area contributed by atoms with Gasteiger partial charge in [-0.1, -0.05) is 19.4 Å². The highest BCUT2D eigenvalue weighted by Crippen LogP contribution is 2.23. The fraction of sp³-hybridized carbons (Fsp3) is 0.227. The van der Waals surface area contributed by atoms with Gasteiger partial charge in [-0.25, -0.2) is 9.59 Å². The molecule has 0 radical (unpaired) electrons. The monoisotopic (exact) mass is 395 g/mol. The van der Waals surface area contributed by atoms with Crippen LogP contribution in [0.2, 0.25) is 0 Å². The van der Waals surface area contributed by atoms with E-state index in [1.807, 2.05) is 13.0 Å². The molecule has 0 atom stereocenters. The van der Waals surface area contributed by atoms with E-state index in [0.717, 1.165) is 23.8 Å². The molecule has 150 valence electrons. The number of nitrogens with one attached hydrogen (secondary N) is 1. The summed E-state index contributed by atoms with van der Waals surface area (Å²) in [4.78, 5) is 35.5. The van der Waals surface area contributed by atoms with Crippen LogP contribution in [-0.4, -0.2) is 25.6 Å². The van der Waals surface area contributed by atoms with Crippen LogP contribution in [0.3, 0.4) is 0 Å². The van der Waals surface area contributed by atoms with E-state index in [1.54, 1.807) is 30.3 Å². The van der Waals surface area contributed by atoms with Crippen LogP contribution in [0, 0.1) is 0 Å². The van der Waals surface area contributed by atoms with Crippen LogP contribution < -0.4 is 15.7 Å². The second-order valence-electron chi connectivity index (χ2n) is 6.41. The van der Waals surface area contributed by atoms with Crippen LogP contribution in [0.15, 0.2) is 57.7 Å². The molecule has 1 N–H and O–H groups in total. The number of benzene rings is 2. The van der Waals surface area contributed by atoms with E-state index in [2.05, 4.69) is 10.1 Å². The number of anilines is 1. The Morgan fingerprint density at radius 2 is 1.93 bits per heavy atom. The molecule has 0 saturated heterocycles. The average molecular weight is 395 g/mol. The molecule has 0 aliphatic heterocycles. The van der Waals surface area contributed by atoms with Crippen molar-refractivity contribution in [2.45, 2.75) is 19.8 Å². The highest BCUT2D eigenvalue weighted by atomic mass is 16.5. The normalized spacial score (nSPS) is 10.6. The quantitative estimate of drug-likeness (QED) is 0.486. The standard InChI is InChI=1S/C22H21NO6/c1-3-5-14-11-21(25)29-19-12-17(8-9-18(14)19)28-13-20(24)23-16-7-4-6-15(10-16)22(26)27-2/h4,6-12H,3,5,13H2,1-2H3,(H,23,24). The van der Waals surface area contributed by atoms with E-state index >= 15 is 0 Å². The average Bonchev–Trinajstić information content (AvgIpc) is 2.71. The highest BCUT2D eigenvalue weighted by Gasteiger charge is 2.10. The zero-order chi connectivity index (χ0) is 20.8. The number of fused-ring (bicyclic) bond motifs is 1. The van der Waals surface area contributed by atoms with E-state index in [0.29, 0.717) is 22.6 Å². The Kier molecular flexibility index (Phi) is 6.29. The summed E-state index contributed by atoms with van der Waals surface area (Å²) >= 11 is 0. The van der Waals surface area contributed by atoms with Crippen molar-refractivity contribution in [3.05, 3.63) is 70.1 Å². The molecule has 0 aliphatic rings. The van der Waals surface area contributed by atoms with Gasteiger partial charge in [0.25, 0.3) is 5.91 Å². The molecule has 0 aliphatic carbocycles. The molecule has 3 rings (SSSR count). The third-order valence-electron chi connectivity index (χ3n) is 4.26. The summed E-state index contributed by atoms with van der Waals surface area (Å²) in [7, 11) is 1.29. The number of carbonyl (C=O) groups is 2. The van der Waals surface area contributed by atoms with Gasteiger partial charge in [0.2, 0.25) is 0 Å². The largest absolute Gasteiger partial charge is 0.484 e. The van der Waals surface area contributed by atoms with E-state index in [-0.39, 0.29) is 6.61 Å². The van der Waals surface area contributed by atoms with Gasteiger partial charge in [0.1, 0.15) is 11.3 Å². The maximum atomic E-state index is 12.2. The van der Waals surface area contributed by atoms with Gasteiger partial charge in [0.15, 0.2) is 6.61 Å². The van der Waals surface area contributed by atoms with Crippen molar-refractivity contribution in [2.75, 3.05) is 19.0 Å². The minimum Gasteiger partial charge on any atom is -0.484 e. The maximum Gasteiger partial charge on any atom is 0.337 e. The second-order valence-corrected chi connectivity index (χ2v) is 6.41. The topological polar surface area (TPSA) is 94.8 Å². The zero-order valence-electron chi connectivity index (χ0n) is 16.2. The van der Waals surface area contributed by atoms with Crippen molar-refractivity contribution in [1.82, 2.24) is 0 Å². The van der Waals surface area contributed by atoms with Gasteiger partial charge in [-0.15, -0.1) is 0 Å². The Morgan fingerprint density at radius 3 is 2.69 bits per heavy atom. The molecule has 7 heteroatoms. The molecule has 2 aromatic carbocycles. The van der Waals surface area contributed by atoms with Crippen molar-refractivity contribution < 1.29 is 23.5 Å². The number of amides is 1. The van der Waals surface area contributed by atoms with Crippen LogP contribution in [0.4, 0.5) is 5.69 Å². The van der Waals surface area contributed by atoms with Gasteiger partial charge in [0.05, 0.1) is 12.7 Å². The number of hydrogen-bond acceptors (Lipinski definition) is 6. The lowest BCUT2D eigenvalue weighted by Gasteiger charge is -2.10. The van der Waals surface area contributed by atoms with E-state index in [1.165, 1.54) is 19.2 Å². The van der Waals surface area contributed by atoms with Crippen LogP contribution in [-0.2, 0) is 16.0 Å². The Bertz CT molecular complexity index is 1100. The highest BCUT2D eigenvalue weighted by molar-refractivity contribution is 5.95. The van der Waals surface area contributed by atoms with Crippen molar-refractivity contribution in [3.63, 3.8) is 0 Å². The van der Waals surface area contributed by atoms with Gasteiger partial charge in [-0.3, -0.25) is 4.79 Å². The zero-order valence-corrected chi connectivity index (χ0v) is 16.2. The Morgan fingerprint density at radius 1 is 1.10 bits per heavy atom. The summed E-state index contributed by atoms with van der Waals surface area (Å²) in [6.07, 6.45) is 1.68. The van der Waals surface area contributed by atoms with E-state index in [4.69, 9.17) is 9.15 Å². The number of methoxy groups -OCH3 is 1. The van der Waals surface area contributed by atoms with E-state index in [9.17, 15) is 14.4 Å². The van der Waals surface area contributed by atoms with Crippen LogP contribution >= 0.6 is 0 Å². The molecule has 0 saturated carbocycles. The summed E-state index contributed by atoms with van der Waals surface area (Å²) in [6.45, 7) is 1.80. The lowest BCUT2D eigenvalue weighted by molar-refractivity contribution is -0.118. The fourth-order valence-corrected chi connectivity index (χ4v) is 2.96. The second kappa shape index (κ2) is 9.05. The molecule has 7 nitrogen and oxygen atoms in total. The molecule has 29 heavy (non-hydrogen) atoms. The molecule has 0 spiro atoms. The van der Waals surface area contributed by atoms with Crippen LogP contribution in [0.5, 0.6) is 5.75 Å².